The van der Waals surface area contributed by atoms with E-state index in [0.717, 1.165) is 33.4 Å². The van der Waals surface area contributed by atoms with Crippen LogP contribution >= 0.6 is 0 Å². The van der Waals surface area contributed by atoms with Crippen LogP contribution in [0.3, 0.4) is 0 Å². The second-order valence-corrected chi connectivity index (χ2v) is 10.2. The Morgan fingerprint density at radius 2 is 1.68 bits per heavy atom. The molecular formula is C32H40N2O6. The summed E-state index contributed by atoms with van der Waals surface area (Å²) in [7, 11) is 1.63. The van der Waals surface area contributed by atoms with Gasteiger partial charge < -0.3 is 24.3 Å². The number of rotatable bonds is 13. The average Bonchev–Trinajstić information content (AvgIpc) is 2.91. The number of pyridine rings is 1. The molecule has 8 nitrogen and oxygen atoms in total. The Morgan fingerprint density at radius 3 is 2.33 bits per heavy atom. The lowest BCUT2D eigenvalue weighted by Gasteiger charge is -2.20. The van der Waals surface area contributed by atoms with Crippen molar-refractivity contribution >= 4 is 11.9 Å². The van der Waals surface area contributed by atoms with E-state index in [2.05, 4.69) is 16.4 Å². The molecule has 0 atom stereocenters. The van der Waals surface area contributed by atoms with E-state index in [4.69, 9.17) is 18.9 Å². The molecule has 1 aromatic heterocycles. The van der Waals surface area contributed by atoms with Gasteiger partial charge in [-0.1, -0.05) is 18.2 Å². The predicted molar refractivity (Wildman–Crippen MR) is 155 cm³/mol. The molecule has 40 heavy (non-hydrogen) atoms. The van der Waals surface area contributed by atoms with Crippen LogP contribution in [-0.2, 0) is 32.0 Å². The van der Waals surface area contributed by atoms with Crippen molar-refractivity contribution in [3.05, 3.63) is 65.9 Å². The van der Waals surface area contributed by atoms with E-state index < -0.39 is 5.60 Å². The summed E-state index contributed by atoms with van der Waals surface area (Å²) in [5, 5.41) is 3.38. The van der Waals surface area contributed by atoms with Gasteiger partial charge in [-0.25, -0.2) is 4.98 Å². The molecule has 0 saturated carbocycles. The maximum Gasteiger partial charge on any atom is 0.310 e. The number of methoxy groups -OCH3 is 1. The van der Waals surface area contributed by atoms with Crippen molar-refractivity contribution in [1.82, 2.24) is 10.3 Å². The van der Waals surface area contributed by atoms with E-state index in [1.807, 2.05) is 70.2 Å². The van der Waals surface area contributed by atoms with Gasteiger partial charge in [0.1, 0.15) is 11.4 Å². The molecule has 0 spiro atoms. The van der Waals surface area contributed by atoms with Crippen LogP contribution in [0.2, 0.25) is 0 Å². The molecule has 0 amide bonds. The first-order valence-corrected chi connectivity index (χ1v) is 13.6. The minimum Gasteiger partial charge on any atom is -0.496 e. The smallest absolute Gasteiger partial charge is 0.310 e. The van der Waals surface area contributed by atoms with Crippen LogP contribution in [-0.4, -0.2) is 49.4 Å². The summed E-state index contributed by atoms with van der Waals surface area (Å²) in [5.74, 6) is 0.747. The summed E-state index contributed by atoms with van der Waals surface area (Å²) in [6.45, 7) is 11.1. The first-order valence-electron chi connectivity index (χ1n) is 13.6. The van der Waals surface area contributed by atoms with Crippen LogP contribution in [0, 0.1) is 0 Å². The van der Waals surface area contributed by atoms with Gasteiger partial charge in [-0.2, -0.15) is 0 Å². The molecule has 0 bridgehead atoms. The number of nitrogens with one attached hydrogen (secondary N) is 1. The molecule has 8 heteroatoms. The minimum atomic E-state index is -0.518. The molecule has 0 fully saturated rings. The summed E-state index contributed by atoms with van der Waals surface area (Å²) < 4.78 is 21.8. The van der Waals surface area contributed by atoms with Crippen molar-refractivity contribution in [1.29, 1.82) is 0 Å². The Morgan fingerprint density at radius 1 is 0.900 bits per heavy atom. The second kappa shape index (κ2) is 14.5. The summed E-state index contributed by atoms with van der Waals surface area (Å²) in [5.41, 5.74) is 5.08. The molecule has 214 valence electrons. The van der Waals surface area contributed by atoms with E-state index >= 15 is 0 Å². The van der Waals surface area contributed by atoms with Crippen LogP contribution in [0.1, 0.15) is 52.2 Å². The topological polar surface area (TPSA) is 96.0 Å². The molecule has 3 rings (SSSR count). The summed E-state index contributed by atoms with van der Waals surface area (Å²) >= 11 is 0. The van der Waals surface area contributed by atoms with Gasteiger partial charge in [-0.3, -0.25) is 9.59 Å². The molecule has 1 heterocycles. The Bertz CT molecular complexity index is 1280. The zero-order valence-electron chi connectivity index (χ0n) is 24.3. The summed E-state index contributed by atoms with van der Waals surface area (Å²) in [6, 6.07) is 15.7. The fourth-order valence-corrected chi connectivity index (χ4v) is 4.23. The maximum absolute atomic E-state index is 12.2. The fraction of sp³-hybridized carbons (Fsp3) is 0.406. The highest BCUT2D eigenvalue weighted by Gasteiger charge is 2.17. The van der Waals surface area contributed by atoms with Crippen LogP contribution in [0.4, 0.5) is 0 Å². The molecule has 0 saturated heterocycles. The molecule has 0 aliphatic heterocycles. The van der Waals surface area contributed by atoms with Gasteiger partial charge in [0, 0.05) is 36.5 Å². The molecule has 0 unspecified atom stereocenters. The highest BCUT2D eigenvalue weighted by atomic mass is 16.6. The molecular weight excluding hydrogens is 508 g/mol. The van der Waals surface area contributed by atoms with Gasteiger partial charge in [0.25, 0.3) is 0 Å². The predicted octanol–water partition coefficient (Wildman–Crippen LogP) is 5.75. The zero-order valence-corrected chi connectivity index (χ0v) is 24.3. The quantitative estimate of drug-likeness (QED) is 0.213. The number of aromatic nitrogens is 1. The maximum atomic E-state index is 12.2. The number of benzene rings is 2. The first-order chi connectivity index (χ1) is 19.1. The van der Waals surface area contributed by atoms with Crippen LogP contribution < -0.4 is 14.8 Å². The Labute approximate surface area is 237 Å². The average molecular weight is 549 g/mol. The van der Waals surface area contributed by atoms with E-state index in [-0.39, 0.29) is 24.8 Å². The molecule has 2 aromatic carbocycles. The Kier molecular flexibility index (Phi) is 11.1. The van der Waals surface area contributed by atoms with Gasteiger partial charge in [0.05, 0.1) is 33.2 Å². The number of nitrogens with zero attached hydrogens (tertiary/aromatic N) is 1. The monoisotopic (exact) mass is 548 g/mol. The van der Waals surface area contributed by atoms with Crippen LogP contribution in [0.15, 0.2) is 54.7 Å². The lowest BCUT2D eigenvalue weighted by atomic mass is 9.93. The molecule has 3 aromatic rings. The summed E-state index contributed by atoms with van der Waals surface area (Å²) in [6.07, 6.45) is 2.22. The molecule has 0 aliphatic rings. The summed E-state index contributed by atoms with van der Waals surface area (Å²) in [4.78, 5) is 28.7. The third kappa shape index (κ3) is 9.09. The number of hydrogen-bond donors (Lipinski definition) is 1. The third-order valence-electron chi connectivity index (χ3n) is 5.92. The van der Waals surface area contributed by atoms with Crippen molar-refractivity contribution in [2.45, 2.75) is 59.6 Å². The normalized spacial score (nSPS) is 11.2. The first kappa shape index (κ1) is 30.6. The third-order valence-corrected chi connectivity index (χ3v) is 5.92. The lowest BCUT2D eigenvalue weighted by Crippen LogP contribution is -2.26. The second-order valence-electron chi connectivity index (χ2n) is 10.2. The van der Waals surface area contributed by atoms with Gasteiger partial charge in [-0.05, 0) is 81.1 Å². The SMILES string of the molecule is CCOC(=O)Cc1ccc(OC)c(-c2ccc(-c3ccc(OCC)nc3)cc2CNCCC(=O)OC(C)(C)C)c1. The minimum absolute atomic E-state index is 0.171. The van der Waals surface area contributed by atoms with E-state index in [9.17, 15) is 9.59 Å². The van der Waals surface area contributed by atoms with Crippen LogP contribution in [0.25, 0.3) is 22.3 Å². The van der Waals surface area contributed by atoms with Crippen molar-refractivity contribution in [3.8, 4) is 33.9 Å². The van der Waals surface area contributed by atoms with Gasteiger partial charge in [0.2, 0.25) is 5.88 Å². The van der Waals surface area contributed by atoms with E-state index in [1.54, 1.807) is 20.2 Å². The van der Waals surface area contributed by atoms with E-state index in [1.165, 1.54) is 0 Å². The Hall–Kier alpha value is -3.91. The van der Waals surface area contributed by atoms with Gasteiger partial charge in [-0.15, -0.1) is 0 Å². The largest absolute Gasteiger partial charge is 0.496 e. The molecule has 1 N–H and O–H groups in total. The molecule has 0 radical (unpaired) electrons. The lowest BCUT2D eigenvalue weighted by molar-refractivity contribution is -0.154. The standard InChI is InChI=1S/C32H40N2O6/c1-7-38-29-14-11-24(21-34-29)23-10-12-26(25(19-23)20-33-16-15-30(35)40-32(3,4)5)27-17-22(9-13-28(27)37-6)18-31(36)39-8-2/h9-14,17,19,21,33H,7-8,15-16,18,20H2,1-6H3. The van der Waals surface area contributed by atoms with Gasteiger partial charge in [0.15, 0.2) is 0 Å². The number of ether oxygens (including phenoxy) is 4. The Balaban J connectivity index is 1.93. The van der Waals surface area contributed by atoms with Crippen molar-refractivity contribution in [2.75, 3.05) is 26.9 Å². The highest BCUT2D eigenvalue weighted by molar-refractivity contribution is 5.79. The van der Waals surface area contributed by atoms with Crippen LogP contribution in [0.5, 0.6) is 11.6 Å². The highest BCUT2D eigenvalue weighted by Crippen LogP contribution is 2.36. The van der Waals surface area contributed by atoms with Gasteiger partial charge >= 0.3 is 11.9 Å². The van der Waals surface area contributed by atoms with Crippen molar-refractivity contribution in [3.63, 3.8) is 0 Å². The zero-order chi connectivity index (χ0) is 29.1. The van der Waals surface area contributed by atoms with Crippen molar-refractivity contribution in [2.24, 2.45) is 0 Å². The van der Waals surface area contributed by atoms with Crippen molar-refractivity contribution < 1.29 is 28.5 Å². The number of carbonyl (C=O) groups is 2. The number of carbonyl (C=O) groups excluding carboxylic acids is 2. The number of hydrogen-bond acceptors (Lipinski definition) is 8. The fourth-order valence-electron chi connectivity index (χ4n) is 4.23. The number of esters is 2. The van der Waals surface area contributed by atoms with E-state index in [0.29, 0.717) is 37.9 Å². The molecule has 0 aliphatic carbocycles.